The van der Waals surface area contributed by atoms with E-state index in [0.717, 1.165) is 0 Å². The van der Waals surface area contributed by atoms with Crippen LogP contribution in [0.3, 0.4) is 0 Å². The topological polar surface area (TPSA) is 26.3 Å². The molecule has 104 valence electrons. The maximum Gasteiger partial charge on any atom is 0.193 e. The van der Waals surface area contributed by atoms with Gasteiger partial charge in [0.25, 0.3) is 0 Å². The summed E-state index contributed by atoms with van der Waals surface area (Å²) in [7, 11) is 1.55. The molecule has 0 spiro atoms. The van der Waals surface area contributed by atoms with Crippen LogP contribution in [0.15, 0.2) is 60.7 Å². The molecule has 21 heavy (non-hydrogen) atoms. The van der Waals surface area contributed by atoms with Crippen molar-refractivity contribution in [3.8, 4) is 5.75 Å². The van der Waals surface area contributed by atoms with Crippen LogP contribution >= 0.6 is 0 Å². The Morgan fingerprint density at radius 1 is 0.952 bits per heavy atom. The molecule has 3 rings (SSSR count). The molecule has 0 aromatic heterocycles. The summed E-state index contributed by atoms with van der Waals surface area (Å²) < 4.78 is 19.0. The highest BCUT2D eigenvalue weighted by atomic mass is 19.1. The largest absolute Gasteiger partial charge is 0.497 e. The first-order chi connectivity index (χ1) is 10.2. The van der Waals surface area contributed by atoms with Gasteiger partial charge in [0.2, 0.25) is 0 Å². The third kappa shape index (κ3) is 2.38. The average Bonchev–Trinajstić information content (AvgIpc) is 2.55. The first-order valence-electron chi connectivity index (χ1n) is 6.56. The van der Waals surface area contributed by atoms with Crippen LogP contribution in [0.25, 0.3) is 10.8 Å². The van der Waals surface area contributed by atoms with E-state index in [1.165, 1.54) is 12.1 Å². The predicted molar refractivity (Wildman–Crippen MR) is 80.3 cm³/mol. The lowest BCUT2D eigenvalue weighted by Gasteiger charge is -2.08. The molecule has 0 bridgehead atoms. The van der Waals surface area contributed by atoms with Gasteiger partial charge in [0.15, 0.2) is 5.78 Å². The zero-order valence-electron chi connectivity index (χ0n) is 11.5. The quantitative estimate of drug-likeness (QED) is 0.671. The molecule has 0 amide bonds. The number of fused-ring (bicyclic) bond motifs is 1. The fourth-order valence-electron chi connectivity index (χ4n) is 2.38. The third-order valence-corrected chi connectivity index (χ3v) is 3.45. The van der Waals surface area contributed by atoms with E-state index in [0.29, 0.717) is 27.6 Å². The van der Waals surface area contributed by atoms with Crippen molar-refractivity contribution in [1.29, 1.82) is 0 Å². The van der Waals surface area contributed by atoms with Gasteiger partial charge in [0, 0.05) is 16.5 Å². The van der Waals surface area contributed by atoms with Gasteiger partial charge in [-0.25, -0.2) is 4.39 Å². The van der Waals surface area contributed by atoms with Gasteiger partial charge in [-0.05, 0) is 29.7 Å². The molecular weight excluding hydrogens is 267 g/mol. The first-order valence-corrected chi connectivity index (χ1v) is 6.56. The van der Waals surface area contributed by atoms with Crippen LogP contribution in [0, 0.1) is 5.82 Å². The Morgan fingerprint density at radius 3 is 2.48 bits per heavy atom. The van der Waals surface area contributed by atoms with E-state index in [9.17, 15) is 9.18 Å². The minimum absolute atomic E-state index is 0.148. The molecule has 0 aliphatic rings. The van der Waals surface area contributed by atoms with E-state index in [-0.39, 0.29) is 11.6 Å². The number of rotatable bonds is 3. The van der Waals surface area contributed by atoms with Gasteiger partial charge in [-0.15, -0.1) is 0 Å². The third-order valence-electron chi connectivity index (χ3n) is 3.45. The van der Waals surface area contributed by atoms with Crippen molar-refractivity contribution in [2.45, 2.75) is 0 Å². The number of ether oxygens (including phenoxy) is 1. The standard InChI is InChI=1S/C18H13FO2/c1-21-13-6-4-5-12(11-13)18(20)16-9-10-17(19)15-8-3-2-7-14(15)16/h2-11H,1H3. The highest BCUT2D eigenvalue weighted by Crippen LogP contribution is 2.25. The molecule has 2 nitrogen and oxygen atoms in total. The molecule has 0 aliphatic carbocycles. The van der Waals surface area contributed by atoms with Crippen LogP contribution in [0.4, 0.5) is 4.39 Å². The van der Waals surface area contributed by atoms with Crippen LogP contribution in [0.1, 0.15) is 15.9 Å². The minimum Gasteiger partial charge on any atom is -0.497 e. The molecule has 3 heteroatoms. The predicted octanol–water partition coefficient (Wildman–Crippen LogP) is 4.22. The number of benzene rings is 3. The Kier molecular flexibility index (Phi) is 3.40. The normalized spacial score (nSPS) is 10.6. The lowest BCUT2D eigenvalue weighted by Crippen LogP contribution is -2.03. The summed E-state index contributed by atoms with van der Waals surface area (Å²) in [6.07, 6.45) is 0. The van der Waals surface area contributed by atoms with Crippen LogP contribution in [0.5, 0.6) is 5.75 Å². The van der Waals surface area contributed by atoms with Crippen LogP contribution < -0.4 is 4.74 Å². The summed E-state index contributed by atoms with van der Waals surface area (Å²) in [5.41, 5.74) is 1.01. The molecule has 0 fully saturated rings. The van der Waals surface area contributed by atoms with Gasteiger partial charge in [-0.1, -0.05) is 36.4 Å². The average molecular weight is 280 g/mol. The van der Waals surface area contributed by atoms with Crippen LogP contribution in [-0.4, -0.2) is 12.9 Å². The molecular formula is C18H13FO2. The fraction of sp³-hybridized carbons (Fsp3) is 0.0556. The second-order valence-corrected chi connectivity index (χ2v) is 4.70. The number of ketones is 1. The number of carbonyl (C=O) groups excluding carboxylic acids is 1. The summed E-state index contributed by atoms with van der Waals surface area (Å²) in [5, 5.41) is 1.07. The maximum absolute atomic E-state index is 13.8. The second kappa shape index (κ2) is 5.37. The maximum atomic E-state index is 13.8. The van der Waals surface area contributed by atoms with Gasteiger partial charge in [0.05, 0.1) is 7.11 Å². The molecule has 3 aromatic carbocycles. The van der Waals surface area contributed by atoms with E-state index >= 15 is 0 Å². The summed E-state index contributed by atoms with van der Waals surface area (Å²) in [4.78, 5) is 12.7. The van der Waals surface area contributed by atoms with E-state index in [1.54, 1.807) is 55.6 Å². The lowest BCUT2D eigenvalue weighted by molar-refractivity contribution is 0.104. The summed E-state index contributed by atoms with van der Waals surface area (Å²) >= 11 is 0. The molecule has 0 N–H and O–H groups in total. The van der Waals surface area contributed by atoms with E-state index in [4.69, 9.17) is 4.74 Å². The number of hydrogen-bond acceptors (Lipinski definition) is 2. The van der Waals surface area contributed by atoms with Crippen molar-refractivity contribution in [3.05, 3.63) is 77.6 Å². The number of carbonyl (C=O) groups is 1. The van der Waals surface area contributed by atoms with E-state index < -0.39 is 0 Å². The Bertz CT molecular complexity index is 824. The molecule has 3 aromatic rings. The molecule has 0 atom stereocenters. The van der Waals surface area contributed by atoms with Gasteiger partial charge < -0.3 is 4.74 Å². The number of methoxy groups -OCH3 is 1. The van der Waals surface area contributed by atoms with E-state index in [2.05, 4.69) is 0 Å². The van der Waals surface area contributed by atoms with Gasteiger partial charge in [-0.2, -0.15) is 0 Å². The van der Waals surface area contributed by atoms with Crippen LogP contribution in [-0.2, 0) is 0 Å². The molecule has 0 unspecified atom stereocenters. The smallest absolute Gasteiger partial charge is 0.193 e. The summed E-state index contributed by atoms with van der Waals surface area (Å²) in [6, 6.07) is 16.8. The Balaban J connectivity index is 2.16. The fourth-order valence-corrected chi connectivity index (χ4v) is 2.38. The lowest BCUT2D eigenvalue weighted by atomic mass is 9.97. The van der Waals surface area contributed by atoms with Gasteiger partial charge in [0.1, 0.15) is 11.6 Å². The molecule has 0 saturated heterocycles. The summed E-state index contributed by atoms with van der Waals surface area (Å²) in [6.45, 7) is 0. The highest BCUT2D eigenvalue weighted by Gasteiger charge is 2.14. The first kappa shape index (κ1) is 13.3. The molecule has 0 aliphatic heterocycles. The van der Waals surface area contributed by atoms with Crippen molar-refractivity contribution in [1.82, 2.24) is 0 Å². The van der Waals surface area contributed by atoms with Crippen molar-refractivity contribution in [2.75, 3.05) is 7.11 Å². The Labute approximate surface area is 121 Å². The second-order valence-electron chi connectivity index (χ2n) is 4.70. The van der Waals surface area contributed by atoms with Crippen LogP contribution in [0.2, 0.25) is 0 Å². The zero-order chi connectivity index (χ0) is 14.8. The Hall–Kier alpha value is -2.68. The minimum atomic E-state index is -0.326. The highest BCUT2D eigenvalue weighted by molar-refractivity contribution is 6.16. The van der Waals surface area contributed by atoms with E-state index in [1.807, 2.05) is 0 Å². The number of hydrogen-bond donors (Lipinski definition) is 0. The van der Waals surface area contributed by atoms with Crippen molar-refractivity contribution >= 4 is 16.6 Å². The zero-order valence-corrected chi connectivity index (χ0v) is 11.5. The summed E-state index contributed by atoms with van der Waals surface area (Å²) in [5.74, 6) is 0.144. The van der Waals surface area contributed by atoms with Crippen molar-refractivity contribution in [2.24, 2.45) is 0 Å². The monoisotopic (exact) mass is 280 g/mol. The van der Waals surface area contributed by atoms with Crippen molar-refractivity contribution in [3.63, 3.8) is 0 Å². The number of halogens is 1. The SMILES string of the molecule is COc1cccc(C(=O)c2ccc(F)c3ccccc23)c1. The molecule has 0 saturated carbocycles. The van der Waals surface area contributed by atoms with Crippen molar-refractivity contribution < 1.29 is 13.9 Å². The van der Waals surface area contributed by atoms with Gasteiger partial charge >= 0.3 is 0 Å². The van der Waals surface area contributed by atoms with Gasteiger partial charge in [-0.3, -0.25) is 4.79 Å². The Morgan fingerprint density at radius 2 is 1.71 bits per heavy atom. The molecule has 0 heterocycles. The molecule has 0 radical (unpaired) electrons.